The van der Waals surface area contributed by atoms with E-state index in [9.17, 15) is 15.0 Å². The number of carboxylic acid groups (broad SMARTS) is 1. The third kappa shape index (κ3) is 11.3. The third-order valence-electron chi connectivity index (χ3n) is 7.14. The van der Waals surface area contributed by atoms with Gasteiger partial charge in [0, 0.05) is 6.42 Å². The number of aryl methyl sites for hydroxylation is 1. The van der Waals surface area contributed by atoms with Gasteiger partial charge in [0.05, 0.1) is 6.10 Å². The molecule has 0 bridgehead atoms. The minimum absolute atomic E-state index is 0.170. The maximum atomic E-state index is 11.5. The second-order valence-corrected chi connectivity index (χ2v) is 9.74. The average molecular weight is 444 g/mol. The predicted octanol–water partition coefficient (Wildman–Crippen LogP) is 6.12. The van der Waals surface area contributed by atoms with Crippen LogP contribution in [0.3, 0.4) is 0 Å². The van der Waals surface area contributed by atoms with Gasteiger partial charge in [0.25, 0.3) is 0 Å². The summed E-state index contributed by atoms with van der Waals surface area (Å²) in [5, 5.41) is 19.7. The molecule has 1 aliphatic rings. The second-order valence-electron chi connectivity index (χ2n) is 9.74. The van der Waals surface area contributed by atoms with E-state index in [4.69, 9.17) is 5.73 Å². The number of allylic oxidation sites excluding steroid dienone is 1. The molecule has 180 valence electrons. The van der Waals surface area contributed by atoms with Crippen LogP contribution in [0.5, 0.6) is 0 Å². The van der Waals surface area contributed by atoms with Gasteiger partial charge in [-0.05, 0) is 68.4 Å². The Balaban J connectivity index is 1.73. The van der Waals surface area contributed by atoms with Crippen LogP contribution in [0.1, 0.15) is 89.0 Å². The SMILES string of the molecule is NCC[C@H](CCCCC=C[C@H](O)CC1CCCCC1)[C@H](CCc1ccccc1)CC(=O)O. The van der Waals surface area contributed by atoms with Crippen molar-refractivity contribution in [3.63, 3.8) is 0 Å². The molecule has 2 rings (SSSR count). The van der Waals surface area contributed by atoms with Crippen LogP contribution < -0.4 is 5.73 Å². The molecule has 32 heavy (non-hydrogen) atoms. The number of carbonyl (C=O) groups is 1. The summed E-state index contributed by atoms with van der Waals surface area (Å²) >= 11 is 0. The highest BCUT2D eigenvalue weighted by molar-refractivity contribution is 5.67. The molecule has 0 amide bonds. The molecule has 4 N–H and O–H groups in total. The molecule has 1 aliphatic carbocycles. The number of aliphatic carboxylic acids is 1. The molecule has 0 unspecified atom stereocenters. The number of unbranched alkanes of at least 4 members (excludes halogenated alkanes) is 2. The second kappa shape index (κ2) is 16.0. The van der Waals surface area contributed by atoms with E-state index in [1.807, 2.05) is 24.3 Å². The van der Waals surface area contributed by atoms with Crippen LogP contribution in [0, 0.1) is 17.8 Å². The quantitative estimate of drug-likeness (QED) is 0.212. The number of hydrogen-bond acceptors (Lipinski definition) is 3. The van der Waals surface area contributed by atoms with E-state index < -0.39 is 5.97 Å². The van der Waals surface area contributed by atoms with E-state index in [0.717, 1.165) is 51.4 Å². The fourth-order valence-electron chi connectivity index (χ4n) is 5.32. The third-order valence-corrected chi connectivity index (χ3v) is 7.14. The Hall–Kier alpha value is -1.65. The molecular weight excluding hydrogens is 398 g/mol. The van der Waals surface area contributed by atoms with E-state index in [0.29, 0.717) is 18.4 Å². The van der Waals surface area contributed by atoms with Crippen LogP contribution in [-0.2, 0) is 11.2 Å². The van der Waals surface area contributed by atoms with Crippen molar-refractivity contribution in [2.45, 2.75) is 96.0 Å². The van der Waals surface area contributed by atoms with Crippen LogP contribution in [0.2, 0.25) is 0 Å². The number of nitrogens with two attached hydrogens (primary N) is 1. The van der Waals surface area contributed by atoms with Crippen LogP contribution in [0.4, 0.5) is 0 Å². The lowest BCUT2D eigenvalue weighted by Gasteiger charge is -2.26. The molecule has 4 heteroatoms. The van der Waals surface area contributed by atoms with Gasteiger partial charge < -0.3 is 15.9 Å². The summed E-state index contributed by atoms with van der Waals surface area (Å²) < 4.78 is 0. The molecular formula is C28H45NO3. The minimum atomic E-state index is -0.708. The van der Waals surface area contributed by atoms with Gasteiger partial charge >= 0.3 is 5.97 Å². The van der Waals surface area contributed by atoms with Gasteiger partial charge in [0.15, 0.2) is 0 Å². The molecule has 0 heterocycles. The van der Waals surface area contributed by atoms with Crippen LogP contribution in [0.25, 0.3) is 0 Å². The summed E-state index contributed by atoms with van der Waals surface area (Å²) in [6.07, 6.45) is 18.4. The predicted molar refractivity (Wildman–Crippen MR) is 132 cm³/mol. The lowest BCUT2D eigenvalue weighted by atomic mass is 9.80. The Labute approximate surface area is 195 Å². The number of benzene rings is 1. The molecule has 0 spiro atoms. The molecule has 1 aromatic carbocycles. The Bertz CT molecular complexity index is 639. The van der Waals surface area contributed by atoms with Crippen LogP contribution in [0.15, 0.2) is 42.5 Å². The van der Waals surface area contributed by atoms with Gasteiger partial charge in [-0.2, -0.15) is 0 Å². The van der Waals surface area contributed by atoms with Crippen LogP contribution in [-0.4, -0.2) is 28.8 Å². The highest BCUT2D eigenvalue weighted by atomic mass is 16.4. The standard InChI is InChI=1S/C28H45NO3/c29-20-19-25(26(22-28(31)32)18-17-23-11-5-3-6-12-23)15-9-1-2-10-16-27(30)21-24-13-7-4-8-14-24/h3,5-6,10-12,16,24-27,30H,1-2,4,7-9,13-15,17-22,29H2,(H,31,32)/t25-,26+,27-/m0/s1. The lowest BCUT2D eigenvalue weighted by Crippen LogP contribution is -2.22. The molecule has 0 aliphatic heterocycles. The zero-order valence-electron chi connectivity index (χ0n) is 19.8. The summed E-state index contributed by atoms with van der Waals surface area (Å²) in [5.41, 5.74) is 7.15. The molecule has 0 aromatic heterocycles. The number of aliphatic hydroxyl groups is 1. The number of aliphatic hydroxyl groups excluding tert-OH is 1. The largest absolute Gasteiger partial charge is 0.481 e. The highest BCUT2D eigenvalue weighted by Gasteiger charge is 2.23. The highest BCUT2D eigenvalue weighted by Crippen LogP contribution is 2.30. The summed E-state index contributed by atoms with van der Waals surface area (Å²) in [4.78, 5) is 11.5. The Morgan fingerprint density at radius 3 is 2.47 bits per heavy atom. The van der Waals surface area contributed by atoms with Gasteiger partial charge in [-0.3, -0.25) is 4.79 Å². The first-order valence-electron chi connectivity index (χ1n) is 12.9. The number of carboxylic acids is 1. The summed E-state index contributed by atoms with van der Waals surface area (Å²) in [7, 11) is 0. The van der Waals surface area contributed by atoms with Crippen molar-refractivity contribution in [3.05, 3.63) is 48.0 Å². The van der Waals surface area contributed by atoms with Gasteiger partial charge in [-0.15, -0.1) is 0 Å². The van der Waals surface area contributed by atoms with E-state index in [1.165, 1.54) is 37.7 Å². The summed E-state index contributed by atoms with van der Waals surface area (Å²) in [6.45, 7) is 0.611. The lowest BCUT2D eigenvalue weighted by molar-refractivity contribution is -0.138. The fourth-order valence-corrected chi connectivity index (χ4v) is 5.32. The fraction of sp³-hybridized carbons (Fsp3) is 0.679. The topological polar surface area (TPSA) is 83.5 Å². The van der Waals surface area contributed by atoms with E-state index >= 15 is 0 Å². The van der Waals surface area contributed by atoms with E-state index in [1.54, 1.807) is 0 Å². The molecule has 1 fully saturated rings. The monoisotopic (exact) mass is 443 g/mol. The molecule has 0 radical (unpaired) electrons. The normalized spacial score (nSPS) is 17.9. The Kier molecular flexibility index (Phi) is 13.3. The van der Waals surface area contributed by atoms with Gasteiger partial charge in [0.2, 0.25) is 0 Å². The first-order valence-corrected chi connectivity index (χ1v) is 12.9. The molecule has 1 saturated carbocycles. The van der Waals surface area contributed by atoms with Crippen molar-refractivity contribution in [1.82, 2.24) is 0 Å². The first-order chi connectivity index (χ1) is 15.6. The minimum Gasteiger partial charge on any atom is -0.481 e. The maximum Gasteiger partial charge on any atom is 0.303 e. The smallest absolute Gasteiger partial charge is 0.303 e. The zero-order chi connectivity index (χ0) is 23.0. The van der Waals surface area contributed by atoms with Crippen molar-refractivity contribution in [2.24, 2.45) is 23.5 Å². The summed E-state index contributed by atoms with van der Waals surface area (Å²) in [5.74, 6) is 0.521. The molecule has 1 aromatic rings. The van der Waals surface area contributed by atoms with Crippen molar-refractivity contribution >= 4 is 5.97 Å². The Morgan fingerprint density at radius 2 is 1.78 bits per heavy atom. The molecule has 4 nitrogen and oxygen atoms in total. The van der Waals surface area contributed by atoms with E-state index in [-0.39, 0.29) is 18.4 Å². The van der Waals surface area contributed by atoms with Gasteiger partial charge in [-0.25, -0.2) is 0 Å². The Morgan fingerprint density at radius 1 is 1.03 bits per heavy atom. The van der Waals surface area contributed by atoms with Crippen molar-refractivity contribution in [3.8, 4) is 0 Å². The van der Waals surface area contributed by atoms with E-state index in [2.05, 4.69) is 18.2 Å². The van der Waals surface area contributed by atoms with Crippen molar-refractivity contribution in [1.29, 1.82) is 0 Å². The molecule has 0 saturated heterocycles. The van der Waals surface area contributed by atoms with Gasteiger partial charge in [0.1, 0.15) is 0 Å². The van der Waals surface area contributed by atoms with Gasteiger partial charge in [-0.1, -0.05) is 87.4 Å². The average Bonchev–Trinajstić information content (AvgIpc) is 2.79. The zero-order valence-corrected chi connectivity index (χ0v) is 19.8. The van der Waals surface area contributed by atoms with Crippen molar-refractivity contribution in [2.75, 3.05) is 6.54 Å². The first kappa shape index (κ1) is 26.6. The van der Waals surface area contributed by atoms with Crippen LogP contribution >= 0.6 is 0 Å². The number of rotatable bonds is 16. The maximum absolute atomic E-state index is 11.5. The molecule has 3 atom stereocenters. The summed E-state index contributed by atoms with van der Waals surface area (Å²) in [6, 6.07) is 10.3. The van der Waals surface area contributed by atoms with Crippen molar-refractivity contribution < 1.29 is 15.0 Å². The number of hydrogen-bond donors (Lipinski definition) is 3.